The standard InChI is InChI=1S/C25H48O2/c1-3-5-7-8-9-10-11-12-13-14-15-16-17-18-20-22-25(27)23-24(26)21-19-6-4-2/h3-23H2,1-2H3. The van der Waals surface area contributed by atoms with E-state index in [9.17, 15) is 9.59 Å². The zero-order chi connectivity index (χ0) is 20.0. The van der Waals surface area contributed by atoms with E-state index in [2.05, 4.69) is 13.8 Å². The molecule has 0 amide bonds. The summed E-state index contributed by atoms with van der Waals surface area (Å²) in [6.45, 7) is 4.41. The summed E-state index contributed by atoms with van der Waals surface area (Å²) in [6.07, 6.45) is 24.7. The quantitative estimate of drug-likeness (QED) is 0.140. The van der Waals surface area contributed by atoms with Crippen LogP contribution in [0.2, 0.25) is 0 Å². The summed E-state index contributed by atoms with van der Waals surface area (Å²) in [4.78, 5) is 23.5. The number of carbonyl (C=O) groups excluding carboxylic acids is 2. The second-order valence-corrected chi connectivity index (χ2v) is 8.41. The molecule has 0 bridgehead atoms. The van der Waals surface area contributed by atoms with Crippen LogP contribution in [0.4, 0.5) is 0 Å². The van der Waals surface area contributed by atoms with Gasteiger partial charge in [-0.25, -0.2) is 0 Å². The first kappa shape index (κ1) is 26.3. The average molecular weight is 381 g/mol. The Hall–Kier alpha value is -0.660. The van der Waals surface area contributed by atoms with Crippen LogP contribution in [0, 0.1) is 0 Å². The Morgan fingerprint density at radius 1 is 0.407 bits per heavy atom. The van der Waals surface area contributed by atoms with Gasteiger partial charge in [0.15, 0.2) is 0 Å². The van der Waals surface area contributed by atoms with Gasteiger partial charge < -0.3 is 0 Å². The summed E-state index contributed by atoms with van der Waals surface area (Å²) in [5, 5.41) is 0. The molecular weight excluding hydrogens is 332 g/mol. The molecule has 0 aromatic rings. The fourth-order valence-electron chi connectivity index (χ4n) is 3.66. The van der Waals surface area contributed by atoms with E-state index in [0.717, 1.165) is 32.1 Å². The van der Waals surface area contributed by atoms with Crippen LogP contribution in [0.5, 0.6) is 0 Å². The zero-order valence-corrected chi connectivity index (χ0v) is 18.7. The minimum atomic E-state index is 0.148. The van der Waals surface area contributed by atoms with Crippen molar-refractivity contribution in [2.75, 3.05) is 0 Å². The van der Waals surface area contributed by atoms with Crippen molar-refractivity contribution >= 4 is 11.6 Å². The first-order valence-corrected chi connectivity index (χ1v) is 12.2. The average Bonchev–Trinajstić information content (AvgIpc) is 2.65. The second kappa shape index (κ2) is 21.6. The lowest BCUT2D eigenvalue weighted by atomic mass is 10.0. The molecule has 27 heavy (non-hydrogen) atoms. The lowest BCUT2D eigenvalue weighted by Crippen LogP contribution is -2.07. The van der Waals surface area contributed by atoms with Crippen molar-refractivity contribution < 1.29 is 9.59 Å². The van der Waals surface area contributed by atoms with Gasteiger partial charge in [-0.15, -0.1) is 0 Å². The van der Waals surface area contributed by atoms with Crippen LogP contribution >= 0.6 is 0 Å². The molecule has 0 spiro atoms. The Kier molecular flexibility index (Phi) is 21.1. The molecule has 0 fully saturated rings. The molecule has 0 rings (SSSR count). The summed E-state index contributed by atoms with van der Waals surface area (Å²) in [5.41, 5.74) is 0. The van der Waals surface area contributed by atoms with Crippen molar-refractivity contribution in [2.45, 2.75) is 149 Å². The first-order chi connectivity index (χ1) is 13.2. The van der Waals surface area contributed by atoms with Gasteiger partial charge in [-0.3, -0.25) is 9.59 Å². The molecule has 0 aliphatic carbocycles. The van der Waals surface area contributed by atoms with Gasteiger partial charge >= 0.3 is 0 Å². The topological polar surface area (TPSA) is 34.1 Å². The van der Waals surface area contributed by atoms with Crippen LogP contribution < -0.4 is 0 Å². The van der Waals surface area contributed by atoms with Crippen molar-refractivity contribution in [3.8, 4) is 0 Å². The van der Waals surface area contributed by atoms with Gasteiger partial charge in [0.2, 0.25) is 0 Å². The predicted molar refractivity (Wildman–Crippen MR) is 118 cm³/mol. The monoisotopic (exact) mass is 380 g/mol. The number of carbonyl (C=O) groups is 2. The van der Waals surface area contributed by atoms with E-state index in [4.69, 9.17) is 0 Å². The van der Waals surface area contributed by atoms with Crippen molar-refractivity contribution in [3.05, 3.63) is 0 Å². The van der Waals surface area contributed by atoms with Crippen LogP contribution in [-0.4, -0.2) is 11.6 Å². The molecular formula is C25H48O2. The zero-order valence-electron chi connectivity index (χ0n) is 18.7. The molecule has 0 aromatic carbocycles. The molecule has 0 unspecified atom stereocenters. The van der Waals surface area contributed by atoms with Crippen molar-refractivity contribution in [1.29, 1.82) is 0 Å². The number of hydrogen-bond donors (Lipinski definition) is 0. The number of ketones is 2. The second-order valence-electron chi connectivity index (χ2n) is 8.41. The van der Waals surface area contributed by atoms with Crippen LogP contribution in [0.25, 0.3) is 0 Å². The molecule has 2 heteroatoms. The van der Waals surface area contributed by atoms with Gasteiger partial charge in [-0.1, -0.05) is 117 Å². The maximum atomic E-state index is 11.8. The third-order valence-electron chi connectivity index (χ3n) is 5.51. The summed E-state index contributed by atoms with van der Waals surface area (Å²) in [5.74, 6) is 0.306. The van der Waals surface area contributed by atoms with Crippen LogP contribution in [0.3, 0.4) is 0 Å². The molecule has 0 N–H and O–H groups in total. The molecule has 0 aromatic heterocycles. The van der Waals surface area contributed by atoms with Gasteiger partial charge in [0, 0.05) is 12.8 Å². The number of Topliss-reactive ketones (excluding diaryl/α,β-unsaturated/α-hetero) is 2. The minimum absolute atomic E-state index is 0.148. The largest absolute Gasteiger partial charge is 0.299 e. The Bertz CT molecular complexity index is 335. The highest BCUT2D eigenvalue weighted by atomic mass is 16.1. The molecule has 0 atom stereocenters. The summed E-state index contributed by atoms with van der Waals surface area (Å²) < 4.78 is 0. The van der Waals surface area contributed by atoms with Crippen molar-refractivity contribution in [2.24, 2.45) is 0 Å². The fourth-order valence-corrected chi connectivity index (χ4v) is 3.66. The minimum Gasteiger partial charge on any atom is -0.299 e. The fraction of sp³-hybridized carbons (Fsp3) is 0.920. The van der Waals surface area contributed by atoms with E-state index in [1.165, 1.54) is 83.5 Å². The molecule has 0 heterocycles. The molecule has 0 aliphatic heterocycles. The van der Waals surface area contributed by atoms with E-state index < -0.39 is 0 Å². The van der Waals surface area contributed by atoms with Crippen LogP contribution in [0.1, 0.15) is 149 Å². The number of rotatable bonds is 22. The maximum Gasteiger partial charge on any atom is 0.140 e. The third-order valence-corrected chi connectivity index (χ3v) is 5.51. The Balaban J connectivity index is 3.22. The van der Waals surface area contributed by atoms with Crippen molar-refractivity contribution in [3.63, 3.8) is 0 Å². The van der Waals surface area contributed by atoms with E-state index in [1.54, 1.807) is 0 Å². The SMILES string of the molecule is CCCCCCCCCCCCCCCCCC(=O)CC(=O)CCCCC. The van der Waals surface area contributed by atoms with Crippen LogP contribution in [-0.2, 0) is 9.59 Å². The molecule has 0 aliphatic rings. The van der Waals surface area contributed by atoms with Crippen molar-refractivity contribution in [1.82, 2.24) is 0 Å². The highest BCUT2D eigenvalue weighted by Crippen LogP contribution is 2.14. The highest BCUT2D eigenvalue weighted by Gasteiger charge is 2.08. The summed E-state index contributed by atoms with van der Waals surface area (Å²) >= 11 is 0. The maximum absolute atomic E-state index is 11.8. The Labute approximate surface area is 170 Å². The molecule has 2 nitrogen and oxygen atoms in total. The molecule has 0 radical (unpaired) electrons. The van der Waals surface area contributed by atoms with Gasteiger partial charge in [0.1, 0.15) is 11.6 Å². The van der Waals surface area contributed by atoms with Gasteiger partial charge in [-0.2, -0.15) is 0 Å². The first-order valence-electron chi connectivity index (χ1n) is 12.2. The lowest BCUT2D eigenvalue weighted by molar-refractivity contribution is -0.127. The van der Waals surface area contributed by atoms with Gasteiger partial charge in [-0.05, 0) is 12.8 Å². The Morgan fingerprint density at radius 3 is 1.04 bits per heavy atom. The summed E-state index contributed by atoms with van der Waals surface area (Å²) in [7, 11) is 0. The van der Waals surface area contributed by atoms with Gasteiger partial charge in [0.05, 0.1) is 6.42 Å². The third kappa shape index (κ3) is 21.5. The smallest absolute Gasteiger partial charge is 0.140 e. The highest BCUT2D eigenvalue weighted by molar-refractivity contribution is 5.98. The molecule has 0 saturated carbocycles. The van der Waals surface area contributed by atoms with Crippen LogP contribution in [0.15, 0.2) is 0 Å². The molecule has 160 valence electrons. The van der Waals surface area contributed by atoms with E-state index in [1.807, 2.05) is 0 Å². The Morgan fingerprint density at radius 2 is 0.667 bits per heavy atom. The lowest BCUT2D eigenvalue weighted by Gasteiger charge is -2.04. The molecule has 0 saturated heterocycles. The van der Waals surface area contributed by atoms with Gasteiger partial charge in [0.25, 0.3) is 0 Å². The predicted octanol–water partition coefficient (Wildman–Crippen LogP) is 8.36. The number of unbranched alkanes of at least 4 members (excludes halogenated alkanes) is 16. The number of hydrogen-bond acceptors (Lipinski definition) is 2. The van der Waals surface area contributed by atoms with E-state index >= 15 is 0 Å². The van der Waals surface area contributed by atoms with E-state index in [-0.39, 0.29) is 18.0 Å². The van der Waals surface area contributed by atoms with E-state index in [0.29, 0.717) is 12.8 Å². The summed E-state index contributed by atoms with van der Waals surface area (Å²) in [6, 6.07) is 0. The normalized spacial score (nSPS) is 11.0.